The second-order valence-corrected chi connectivity index (χ2v) is 4.60. The molecule has 0 radical (unpaired) electrons. The summed E-state index contributed by atoms with van der Waals surface area (Å²) in [4.78, 5) is 0. The highest BCUT2D eigenvalue weighted by atomic mass is 127. The number of para-hydroxylation sites is 1. The van der Waals surface area contributed by atoms with Gasteiger partial charge in [-0.2, -0.15) is 0 Å². The van der Waals surface area contributed by atoms with Gasteiger partial charge in [-0.05, 0) is 34.7 Å². The van der Waals surface area contributed by atoms with Crippen molar-refractivity contribution in [3.05, 3.63) is 45.4 Å². The molecule has 1 aromatic carbocycles. The van der Waals surface area contributed by atoms with E-state index in [4.69, 9.17) is 14.0 Å². The summed E-state index contributed by atoms with van der Waals surface area (Å²) in [5.74, 6) is 1.55. The predicted molar refractivity (Wildman–Crippen MR) is 70.7 cm³/mol. The average Bonchev–Trinajstić information content (AvgIpc) is 2.76. The van der Waals surface area contributed by atoms with Crippen LogP contribution in [-0.2, 0) is 18.0 Å². The van der Waals surface area contributed by atoms with E-state index in [1.165, 1.54) is 0 Å². The number of halogens is 1. The molecule has 0 aliphatic rings. The van der Waals surface area contributed by atoms with Crippen LogP contribution in [-0.4, -0.2) is 12.3 Å². The molecule has 2 rings (SSSR count). The fourth-order valence-electron chi connectivity index (χ4n) is 1.35. The number of nitrogens with zero attached hydrogens (tertiary/aromatic N) is 1. The van der Waals surface area contributed by atoms with Crippen LogP contribution in [0.1, 0.15) is 11.5 Å². The Labute approximate surface area is 113 Å². The van der Waals surface area contributed by atoms with E-state index >= 15 is 0 Å². The normalized spacial score (nSPS) is 10.5. The van der Waals surface area contributed by atoms with Gasteiger partial charge in [0, 0.05) is 13.2 Å². The Morgan fingerprint density at radius 1 is 1.29 bits per heavy atom. The van der Waals surface area contributed by atoms with Crippen molar-refractivity contribution in [1.29, 1.82) is 0 Å². The zero-order valence-corrected chi connectivity index (χ0v) is 11.5. The molecule has 0 aliphatic carbocycles. The minimum atomic E-state index is 0.396. The summed E-state index contributed by atoms with van der Waals surface area (Å²) in [6.45, 7) is 0.823. The fourth-order valence-corrected chi connectivity index (χ4v) is 1.89. The van der Waals surface area contributed by atoms with Gasteiger partial charge in [0.05, 0.1) is 3.57 Å². The minimum Gasteiger partial charge on any atom is -0.486 e. The molecule has 0 bridgehead atoms. The van der Waals surface area contributed by atoms with E-state index in [9.17, 15) is 0 Å². The molecule has 0 fully saturated rings. The van der Waals surface area contributed by atoms with Gasteiger partial charge >= 0.3 is 0 Å². The Balaban J connectivity index is 1.95. The molecule has 0 saturated carbocycles. The van der Waals surface area contributed by atoms with Crippen molar-refractivity contribution in [2.24, 2.45) is 0 Å². The van der Waals surface area contributed by atoms with Gasteiger partial charge in [-0.25, -0.2) is 0 Å². The second kappa shape index (κ2) is 6.02. The summed E-state index contributed by atoms with van der Waals surface area (Å²) >= 11 is 2.23. The van der Waals surface area contributed by atoms with Crippen molar-refractivity contribution < 1.29 is 14.0 Å². The molecule has 0 atom stereocenters. The molecule has 2 aromatic rings. The topological polar surface area (TPSA) is 44.5 Å². The molecule has 0 saturated heterocycles. The van der Waals surface area contributed by atoms with Crippen LogP contribution < -0.4 is 4.74 Å². The zero-order valence-electron chi connectivity index (χ0n) is 9.35. The lowest BCUT2D eigenvalue weighted by atomic mass is 10.3. The van der Waals surface area contributed by atoms with E-state index in [2.05, 4.69) is 27.7 Å². The summed E-state index contributed by atoms with van der Waals surface area (Å²) in [6.07, 6.45) is 0. The standard InChI is InChI=1S/C12H12INO3/c1-15-8-10-6-9(14-17-10)7-16-12-5-3-2-4-11(12)13/h2-6H,7-8H2,1H3. The molecule has 0 aliphatic heterocycles. The number of hydrogen-bond acceptors (Lipinski definition) is 4. The number of methoxy groups -OCH3 is 1. The number of aromatic nitrogens is 1. The summed E-state index contributed by atoms with van der Waals surface area (Å²) < 4.78 is 16.7. The molecule has 1 aromatic heterocycles. The van der Waals surface area contributed by atoms with Gasteiger partial charge in [-0.3, -0.25) is 0 Å². The van der Waals surface area contributed by atoms with E-state index in [1.54, 1.807) is 7.11 Å². The molecule has 1 heterocycles. The maximum absolute atomic E-state index is 5.64. The van der Waals surface area contributed by atoms with Crippen LogP contribution in [0.25, 0.3) is 0 Å². The van der Waals surface area contributed by atoms with Crippen molar-refractivity contribution in [3.63, 3.8) is 0 Å². The third-order valence-corrected chi connectivity index (χ3v) is 3.00. The van der Waals surface area contributed by atoms with E-state index in [0.29, 0.717) is 19.0 Å². The third kappa shape index (κ3) is 3.44. The van der Waals surface area contributed by atoms with E-state index in [0.717, 1.165) is 15.0 Å². The highest BCUT2D eigenvalue weighted by Gasteiger charge is 2.05. The first-order chi connectivity index (χ1) is 8.29. The van der Waals surface area contributed by atoms with Crippen molar-refractivity contribution >= 4 is 22.6 Å². The average molecular weight is 345 g/mol. The molecule has 0 unspecified atom stereocenters. The summed E-state index contributed by atoms with van der Waals surface area (Å²) in [6, 6.07) is 9.67. The van der Waals surface area contributed by atoms with E-state index < -0.39 is 0 Å². The smallest absolute Gasteiger partial charge is 0.162 e. The first-order valence-electron chi connectivity index (χ1n) is 5.10. The van der Waals surface area contributed by atoms with Crippen LogP contribution in [0.3, 0.4) is 0 Å². The Bertz CT molecular complexity index is 484. The van der Waals surface area contributed by atoms with Gasteiger partial charge in [-0.15, -0.1) is 0 Å². The van der Waals surface area contributed by atoms with Gasteiger partial charge < -0.3 is 14.0 Å². The van der Waals surface area contributed by atoms with Crippen molar-refractivity contribution in [2.75, 3.05) is 7.11 Å². The van der Waals surface area contributed by atoms with Gasteiger partial charge in [0.2, 0.25) is 0 Å². The van der Waals surface area contributed by atoms with Gasteiger partial charge in [0.25, 0.3) is 0 Å². The molecule has 0 amide bonds. The summed E-state index contributed by atoms with van der Waals surface area (Å²) in [5.41, 5.74) is 0.761. The highest BCUT2D eigenvalue weighted by Crippen LogP contribution is 2.20. The van der Waals surface area contributed by atoms with Crippen LogP contribution in [0, 0.1) is 3.57 Å². The molecule has 5 heteroatoms. The number of rotatable bonds is 5. The molecular formula is C12H12INO3. The molecule has 0 N–H and O–H groups in total. The molecule has 0 spiro atoms. The lowest BCUT2D eigenvalue weighted by Gasteiger charge is -2.05. The van der Waals surface area contributed by atoms with Gasteiger partial charge in [0.15, 0.2) is 5.76 Å². The zero-order chi connectivity index (χ0) is 12.1. The minimum absolute atomic E-state index is 0.396. The van der Waals surface area contributed by atoms with E-state index in [-0.39, 0.29) is 0 Å². The van der Waals surface area contributed by atoms with Crippen LogP contribution in [0.5, 0.6) is 5.75 Å². The second-order valence-electron chi connectivity index (χ2n) is 3.44. The first kappa shape index (κ1) is 12.4. The molecule has 90 valence electrons. The van der Waals surface area contributed by atoms with Crippen LogP contribution in [0.4, 0.5) is 0 Å². The fraction of sp³-hybridized carbons (Fsp3) is 0.250. The van der Waals surface area contributed by atoms with Crippen LogP contribution in [0.2, 0.25) is 0 Å². The number of ether oxygens (including phenoxy) is 2. The predicted octanol–water partition coefficient (Wildman–Crippen LogP) is 3.00. The Morgan fingerprint density at radius 3 is 2.88 bits per heavy atom. The number of hydrogen-bond donors (Lipinski definition) is 0. The lowest BCUT2D eigenvalue weighted by Crippen LogP contribution is -1.96. The van der Waals surface area contributed by atoms with Crippen molar-refractivity contribution in [3.8, 4) is 5.75 Å². The lowest BCUT2D eigenvalue weighted by molar-refractivity contribution is 0.155. The van der Waals surface area contributed by atoms with Crippen molar-refractivity contribution in [2.45, 2.75) is 13.2 Å². The number of benzene rings is 1. The summed E-state index contributed by atoms with van der Waals surface area (Å²) in [7, 11) is 1.62. The maximum Gasteiger partial charge on any atom is 0.162 e. The molecule has 4 nitrogen and oxygen atoms in total. The Hall–Kier alpha value is -1.08. The van der Waals surface area contributed by atoms with Crippen LogP contribution >= 0.6 is 22.6 Å². The van der Waals surface area contributed by atoms with Gasteiger partial charge in [-0.1, -0.05) is 17.3 Å². The van der Waals surface area contributed by atoms with Crippen molar-refractivity contribution in [1.82, 2.24) is 5.16 Å². The van der Waals surface area contributed by atoms with E-state index in [1.807, 2.05) is 30.3 Å². The quantitative estimate of drug-likeness (QED) is 0.782. The van der Waals surface area contributed by atoms with Gasteiger partial charge in [0.1, 0.15) is 24.7 Å². The monoisotopic (exact) mass is 345 g/mol. The van der Waals surface area contributed by atoms with Crippen LogP contribution in [0.15, 0.2) is 34.9 Å². The SMILES string of the molecule is COCc1cc(COc2ccccc2I)no1. The summed E-state index contributed by atoms with van der Waals surface area (Å²) in [5, 5.41) is 3.90. The molecule has 17 heavy (non-hydrogen) atoms. The maximum atomic E-state index is 5.64. The largest absolute Gasteiger partial charge is 0.486 e. The molecular weight excluding hydrogens is 333 g/mol. The highest BCUT2D eigenvalue weighted by molar-refractivity contribution is 14.1. The third-order valence-electron chi connectivity index (χ3n) is 2.11. The first-order valence-corrected chi connectivity index (χ1v) is 6.18. The Kier molecular flexibility index (Phi) is 4.38. The Morgan fingerprint density at radius 2 is 2.12 bits per heavy atom.